The first-order valence-electron chi connectivity index (χ1n) is 6.00. The molecule has 0 saturated heterocycles. The summed E-state index contributed by atoms with van der Waals surface area (Å²) < 4.78 is 0. The van der Waals surface area contributed by atoms with Gasteiger partial charge in [0.25, 0.3) is 0 Å². The minimum atomic E-state index is 0.647. The van der Waals surface area contributed by atoms with E-state index < -0.39 is 0 Å². The molecule has 2 heteroatoms. The Morgan fingerprint density at radius 2 is 1.93 bits per heavy atom. The van der Waals surface area contributed by atoms with Gasteiger partial charge in [-0.2, -0.15) is 0 Å². The van der Waals surface area contributed by atoms with Gasteiger partial charge in [0.15, 0.2) is 0 Å². The molecule has 1 heterocycles. The van der Waals surface area contributed by atoms with E-state index in [1.807, 2.05) is 27.1 Å². The molecule has 0 spiro atoms. The second-order valence-corrected chi connectivity index (χ2v) is 4.01. The van der Waals surface area contributed by atoms with Gasteiger partial charge in [-0.15, -0.1) is 0 Å². The first-order valence-corrected chi connectivity index (χ1v) is 6.00. The van der Waals surface area contributed by atoms with Crippen LogP contribution in [0.15, 0.2) is 16.1 Å². The van der Waals surface area contributed by atoms with Crippen molar-refractivity contribution >= 4 is 6.21 Å². The Balaban J connectivity index is 0.000000921. The SMILES string of the molecule is CC.CN=CC1=C(C)CCN(C(C)C)C1. The van der Waals surface area contributed by atoms with Crippen LogP contribution in [0.4, 0.5) is 0 Å². The maximum atomic E-state index is 4.09. The maximum absolute atomic E-state index is 4.09. The van der Waals surface area contributed by atoms with Crippen molar-refractivity contribution in [2.45, 2.75) is 47.1 Å². The molecule has 0 aliphatic carbocycles. The van der Waals surface area contributed by atoms with E-state index in [9.17, 15) is 0 Å². The van der Waals surface area contributed by atoms with Crippen molar-refractivity contribution in [2.24, 2.45) is 4.99 Å². The van der Waals surface area contributed by atoms with Gasteiger partial charge in [-0.3, -0.25) is 9.89 Å². The van der Waals surface area contributed by atoms with Crippen LogP contribution in [-0.2, 0) is 0 Å². The Kier molecular flexibility index (Phi) is 7.31. The van der Waals surface area contributed by atoms with Gasteiger partial charge in [-0.25, -0.2) is 0 Å². The molecule has 1 rings (SSSR count). The number of hydrogen-bond donors (Lipinski definition) is 0. The predicted octanol–water partition coefficient (Wildman–Crippen LogP) is 3.14. The van der Waals surface area contributed by atoms with Crippen molar-refractivity contribution in [3.8, 4) is 0 Å². The molecule has 0 amide bonds. The minimum absolute atomic E-state index is 0.647. The van der Waals surface area contributed by atoms with Crippen molar-refractivity contribution in [3.05, 3.63) is 11.1 Å². The molecule has 0 fully saturated rings. The van der Waals surface area contributed by atoms with Crippen LogP contribution in [0.2, 0.25) is 0 Å². The molecule has 0 saturated carbocycles. The predicted molar refractivity (Wildman–Crippen MR) is 69.8 cm³/mol. The van der Waals surface area contributed by atoms with Gasteiger partial charge >= 0.3 is 0 Å². The van der Waals surface area contributed by atoms with E-state index in [0.29, 0.717) is 6.04 Å². The van der Waals surface area contributed by atoms with Crippen molar-refractivity contribution in [2.75, 3.05) is 20.1 Å². The van der Waals surface area contributed by atoms with E-state index in [1.165, 1.54) is 24.1 Å². The van der Waals surface area contributed by atoms with Gasteiger partial charge in [-0.05, 0) is 32.8 Å². The Hall–Kier alpha value is -0.630. The monoisotopic (exact) mass is 210 g/mol. The van der Waals surface area contributed by atoms with Crippen LogP contribution in [0, 0.1) is 0 Å². The minimum Gasteiger partial charge on any atom is -0.296 e. The Morgan fingerprint density at radius 3 is 2.40 bits per heavy atom. The highest BCUT2D eigenvalue weighted by Gasteiger charge is 2.16. The lowest BCUT2D eigenvalue weighted by molar-refractivity contribution is 0.236. The summed E-state index contributed by atoms with van der Waals surface area (Å²) in [6.45, 7) is 13.0. The third-order valence-electron chi connectivity index (χ3n) is 2.71. The number of hydrogen-bond acceptors (Lipinski definition) is 2. The van der Waals surface area contributed by atoms with Crippen LogP contribution in [0.1, 0.15) is 41.0 Å². The molecule has 15 heavy (non-hydrogen) atoms. The van der Waals surface area contributed by atoms with E-state index in [0.717, 1.165) is 6.54 Å². The van der Waals surface area contributed by atoms with Crippen LogP contribution >= 0.6 is 0 Å². The molecule has 1 aliphatic rings. The first kappa shape index (κ1) is 14.4. The lowest BCUT2D eigenvalue weighted by Crippen LogP contribution is -2.37. The van der Waals surface area contributed by atoms with Gasteiger partial charge in [0.2, 0.25) is 0 Å². The Labute approximate surface area is 95.1 Å². The molecule has 0 bridgehead atoms. The highest BCUT2D eigenvalue weighted by atomic mass is 15.1. The van der Waals surface area contributed by atoms with Crippen LogP contribution < -0.4 is 0 Å². The van der Waals surface area contributed by atoms with Crippen molar-refractivity contribution in [3.63, 3.8) is 0 Å². The highest BCUT2D eigenvalue weighted by Crippen LogP contribution is 2.17. The Bertz CT molecular complexity index is 227. The van der Waals surface area contributed by atoms with Gasteiger partial charge in [0.1, 0.15) is 0 Å². The summed E-state index contributed by atoms with van der Waals surface area (Å²) in [6.07, 6.45) is 3.20. The zero-order valence-electron chi connectivity index (χ0n) is 11.2. The molecule has 2 nitrogen and oxygen atoms in total. The van der Waals surface area contributed by atoms with E-state index >= 15 is 0 Å². The summed E-state index contributed by atoms with van der Waals surface area (Å²) in [5, 5.41) is 0. The molecule has 0 aromatic rings. The quantitative estimate of drug-likeness (QED) is 0.639. The molecule has 1 aliphatic heterocycles. The van der Waals surface area contributed by atoms with Gasteiger partial charge in [0.05, 0.1) is 0 Å². The van der Waals surface area contributed by atoms with E-state index in [2.05, 4.69) is 30.7 Å². The van der Waals surface area contributed by atoms with Gasteiger partial charge in [-0.1, -0.05) is 19.4 Å². The fourth-order valence-electron chi connectivity index (χ4n) is 1.65. The normalized spacial score (nSPS) is 18.3. The molecule has 0 atom stereocenters. The number of rotatable bonds is 2. The first-order chi connectivity index (χ1) is 7.15. The molecule has 0 N–H and O–H groups in total. The smallest absolute Gasteiger partial charge is 0.0277 e. The summed E-state index contributed by atoms with van der Waals surface area (Å²) in [5.74, 6) is 0. The zero-order valence-corrected chi connectivity index (χ0v) is 11.2. The van der Waals surface area contributed by atoms with Gasteiger partial charge < -0.3 is 0 Å². The van der Waals surface area contributed by atoms with E-state index in [-0.39, 0.29) is 0 Å². The third-order valence-corrected chi connectivity index (χ3v) is 2.71. The summed E-state index contributed by atoms with van der Waals surface area (Å²) in [6, 6.07) is 0.647. The molecule has 0 radical (unpaired) electrons. The molecule has 0 unspecified atom stereocenters. The second kappa shape index (κ2) is 7.63. The molecular formula is C13H26N2. The fraction of sp³-hybridized carbons (Fsp3) is 0.769. The standard InChI is InChI=1S/C11H20N2.C2H6/c1-9(2)13-6-5-10(3)11(8-13)7-12-4;1-2/h7,9H,5-6,8H2,1-4H3;1-2H3. The summed E-state index contributed by atoms with van der Waals surface area (Å²) >= 11 is 0. The molecule has 88 valence electrons. The largest absolute Gasteiger partial charge is 0.296 e. The van der Waals surface area contributed by atoms with Gasteiger partial charge in [0, 0.05) is 32.4 Å². The molecule has 0 aromatic heterocycles. The maximum Gasteiger partial charge on any atom is 0.0277 e. The second-order valence-electron chi connectivity index (χ2n) is 4.01. The number of nitrogens with zero attached hydrogens (tertiary/aromatic N) is 2. The Morgan fingerprint density at radius 1 is 1.33 bits per heavy atom. The average molecular weight is 210 g/mol. The molecule has 0 aromatic carbocycles. The number of aliphatic imine (C=N–C) groups is 1. The van der Waals surface area contributed by atoms with E-state index in [4.69, 9.17) is 0 Å². The fourth-order valence-corrected chi connectivity index (χ4v) is 1.65. The average Bonchev–Trinajstić information content (AvgIpc) is 2.24. The zero-order chi connectivity index (χ0) is 11.8. The van der Waals surface area contributed by atoms with Crippen molar-refractivity contribution in [1.82, 2.24) is 4.90 Å². The summed E-state index contributed by atoms with van der Waals surface area (Å²) in [7, 11) is 1.84. The molecular weight excluding hydrogens is 184 g/mol. The third kappa shape index (κ3) is 4.61. The van der Waals surface area contributed by atoms with Crippen LogP contribution in [0.5, 0.6) is 0 Å². The van der Waals surface area contributed by atoms with E-state index in [1.54, 1.807) is 0 Å². The van der Waals surface area contributed by atoms with Crippen molar-refractivity contribution < 1.29 is 0 Å². The van der Waals surface area contributed by atoms with Crippen LogP contribution in [0.3, 0.4) is 0 Å². The highest BCUT2D eigenvalue weighted by molar-refractivity contribution is 5.80. The lowest BCUT2D eigenvalue weighted by atomic mass is 10.0. The van der Waals surface area contributed by atoms with Crippen molar-refractivity contribution in [1.29, 1.82) is 0 Å². The van der Waals surface area contributed by atoms with Crippen LogP contribution in [0.25, 0.3) is 0 Å². The van der Waals surface area contributed by atoms with Crippen LogP contribution in [-0.4, -0.2) is 37.3 Å². The lowest BCUT2D eigenvalue weighted by Gasteiger charge is -2.31. The summed E-state index contributed by atoms with van der Waals surface area (Å²) in [4.78, 5) is 6.58. The topological polar surface area (TPSA) is 15.6 Å². The summed E-state index contributed by atoms with van der Waals surface area (Å²) in [5.41, 5.74) is 2.91.